The second-order valence-electron chi connectivity index (χ2n) is 5.24. The minimum Gasteiger partial charge on any atom is -0.330 e. The van der Waals surface area contributed by atoms with Gasteiger partial charge in [-0.3, -0.25) is 0 Å². The zero-order valence-electron chi connectivity index (χ0n) is 9.51. The molecule has 1 fully saturated rings. The van der Waals surface area contributed by atoms with Crippen molar-refractivity contribution in [2.75, 3.05) is 6.54 Å². The number of rotatable bonds is 2. The molecule has 1 aromatic carbocycles. The maximum absolute atomic E-state index is 14.0. The molecule has 1 nitrogen and oxygen atoms in total. The van der Waals surface area contributed by atoms with Crippen molar-refractivity contribution < 1.29 is 4.39 Å². The molecule has 0 aromatic heterocycles. The van der Waals surface area contributed by atoms with Crippen LogP contribution in [0.15, 0.2) is 18.2 Å². The first kappa shape index (κ1) is 10.3. The molecule has 1 aromatic rings. The van der Waals surface area contributed by atoms with Crippen molar-refractivity contribution >= 4 is 0 Å². The lowest BCUT2D eigenvalue weighted by Crippen LogP contribution is -2.30. The highest BCUT2D eigenvalue weighted by atomic mass is 19.1. The van der Waals surface area contributed by atoms with Gasteiger partial charge in [0.1, 0.15) is 5.82 Å². The Morgan fingerprint density at radius 3 is 2.88 bits per heavy atom. The van der Waals surface area contributed by atoms with Crippen molar-refractivity contribution in [3.8, 4) is 0 Å². The van der Waals surface area contributed by atoms with Crippen molar-refractivity contribution in [1.29, 1.82) is 0 Å². The first-order valence-electron chi connectivity index (χ1n) is 6.26. The van der Waals surface area contributed by atoms with Gasteiger partial charge in [0.2, 0.25) is 0 Å². The Morgan fingerprint density at radius 1 is 1.38 bits per heavy atom. The largest absolute Gasteiger partial charge is 0.330 e. The van der Waals surface area contributed by atoms with Crippen molar-refractivity contribution in [1.82, 2.24) is 0 Å². The summed E-state index contributed by atoms with van der Waals surface area (Å²) >= 11 is 0. The molecule has 0 aliphatic heterocycles. The van der Waals surface area contributed by atoms with E-state index in [-0.39, 0.29) is 11.2 Å². The van der Waals surface area contributed by atoms with Gasteiger partial charge in [-0.2, -0.15) is 0 Å². The van der Waals surface area contributed by atoms with E-state index in [2.05, 4.69) is 6.07 Å². The van der Waals surface area contributed by atoms with E-state index in [1.54, 1.807) is 6.07 Å². The van der Waals surface area contributed by atoms with Gasteiger partial charge in [0.25, 0.3) is 0 Å². The fourth-order valence-electron chi connectivity index (χ4n) is 3.56. The molecule has 0 amide bonds. The Bertz CT molecular complexity index is 409. The van der Waals surface area contributed by atoms with Gasteiger partial charge >= 0.3 is 0 Å². The first-order valence-corrected chi connectivity index (χ1v) is 6.26. The standard InChI is InChI=1S/C14H18FN/c15-12-3-1-2-10-4-5-11(6-9-16)14(7-8-14)13(10)12/h1-3,11H,4-9,16H2. The van der Waals surface area contributed by atoms with Crippen LogP contribution in [0.25, 0.3) is 0 Å². The maximum Gasteiger partial charge on any atom is 0.127 e. The molecular weight excluding hydrogens is 201 g/mol. The Hall–Kier alpha value is -0.890. The molecule has 1 spiro atoms. The third-order valence-electron chi connectivity index (χ3n) is 4.45. The highest BCUT2D eigenvalue weighted by Crippen LogP contribution is 2.59. The number of halogens is 1. The van der Waals surface area contributed by atoms with Crippen molar-refractivity contribution in [2.45, 2.75) is 37.5 Å². The molecule has 0 saturated heterocycles. The van der Waals surface area contributed by atoms with Crippen LogP contribution in [0.5, 0.6) is 0 Å². The second-order valence-corrected chi connectivity index (χ2v) is 5.24. The zero-order chi connectivity index (χ0) is 11.2. The molecular formula is C14H18FN. The van der Waals surface area contributed by atoms with Gasteiger partial charge in [-0.05, 0) is 61.8 Å². The van der Waals surface area contributed by atoms with E-state index >= 15 is 0 Å². The normalized spacial score (nSPS) is 25.5. The molecule has 2 N–H and O–H groups in total. The smallest absolute Gasteiger partial charge is 0.127 e. The minimum atomic E-state index is 0.0109. The summed E-state index contributed by atoms with van der Waals surface area (Å²) in [5, 5.41) is 0. The van der Waals surface area contributed by atoms with Gasteiger partial charge in [0.15, 0.2) is 0 Å². The van der Waals surface area contributed by atoms with Crippen LogP contribution < -0.4 is 5.73 Å². The SMILES string of the molecule is NCCC1CCc2cccc(F)c2C12CC2. The molecule has 2 aliphatic rings. The fraction of sp³-hybridized carbons (Fsp3) is 0.571. The lowest BCUT2D eigenvalue weighted by molar-refractivity contribution is 0.324. The van der Waals surface area contributed by atoms with Gasteiger partial charge in [0, 0.05) is 5.41 Å². The Kier molecular flexibility index (Phi) is 2.28. The first-order chi connectivity index (χ1) is 7.78. The van der Waals surface area contributed by atoms with Crippen LogP contribution in [0, 0.1) is 11.7 Å². The van der Waals surface area contributed by atoms with Crippen LogP contribution in [0.3, 0.4) is 0 Å². The Balaban J connectivity index is 2.05. The third-order valence-corrected chi connectivity index (χ3v) is 4.45. The number of benzene rings is 1. The number of aryl methyl sites for hydroxylation is 1. The van der Waals surface area contributed by atoms with Crippen LogP contribution in [0.1, 0.15) is 36.8 Å². The lowest BCUT2D eigenvalue weighted by atomic mass is 9.71. The summed E-state index contributed by atoms with van der Waals surface area (Å²) in [7, 11) is 0. The van der Waals surface area contributed by atoms with Crippen LogP contribution in [-0.4, -0.2) is 6.54 Å². The van der Waals surface area contributed by atoms with E-state index < -0.39 is 0 Å². The topological polar surface area (TPSA) is 26.0 Å². The predicted molar refractivity (Wildman–Crippen MR) is 62.8 cm³/mol. The van der Waals surface area contributed by atoms with Crippen LogP contribution >= 0.6 is 0 Å². The number of hydrogen-bond acceptors (Lipinski definition) is 1. The molecule has 0 heterocycles. The monoisotopic (exact) mass is 219 g/mol. The summed E-state index contributed by atoms with van der Waals surface area (Å²) < 4.78 is 14.0. The number of fused-ring (bicyclic) bond motifs is 2. The number of hydrogen-bond donors (Lipinski definition) is 1. The van der Waals surface area contributed by atoms with Crippen molar-refractivity contribution in [3.63, 3.8) is 0 Å². The van der Waals surface area contributed by atoms with E-state index in [0.717, 1.165) is 37.8 Å². The predicted octanol–water partition coefficient (Wildman–Crippen LogP) is 2.77. The van der Waals surface area contributed by atoms with Gasteiger partial charge in [-0.1, -0.05) is 12.1 Å². The second kappa shape index (κ2) is 3.56. The molecule has 1 atom stereocenters. The highest BCUT2D eigenvalue weighted by molar-refractivity contribution is 5.43. The molecule has 0 radical (unpaired) electrons. The van der Waals surface area contributed by atoms with Crippen LogP contribution in [0.2, 0.25) is 0 Å². The molecule has 3 rings (SSSR count). The van der Waals surface area contributed by atoms with E-state index in [0.29, 0.717) is 5.92 Å². The van der Waals surface area contributed by atoms with Gasteiger partial charge < -0.3 is 5.73 Å². The van der Waals surface area contributed by atoms with Gasteiger partial charge in [-0.25, -0.2) is 4.39 Å². The third kappa shape index (κ3) is 1.32. The molecule has 86 valence electrons. The van der Waals surface area contributed by atoms with Gasteiger partial charge in [-0.15, -0.1) is 0 Å². The van der Waals surface area contributed by atoms with Crippen molar-refractivity contribution in [3.05, 3.63) is 35.1 Å². The summed E-state index contributed by atoms with van der Waals surface area (Å²) in [6.45, 7) is 0.732. The molecule has 1 saturated carbocycles. The van der Waals surface area contributed by atoms with E-state index in [1.165, 1.54) is 12.0 Å². The minimum absolute atomic E-state index is 0.0109. The molecule has 0 bridgehead atoms. The van der Waals surface area contributed by atoms with E-state index in [9.17, 15) is 4.39 Å². The van der Waals surface area contributed by atoms with Gasteiger partial charge in [0.05, 0.1) is 0 Å². The van der Waals surface area contributed by atoms with E-state index in [4.69, 9.17) is 5.73 Å². The van der Waals surface area contributed by atoms with E-state index in [1.807, 2.05) is 6.07 Å². The highest BCUT2D eigenvalue weighted by Gasteiger charge is 2.53. The lowest BCUT2D eigenvalue weighted by Gasteiger charge is -2.34. The Morgan fingerprint density at radius 2 is 2.19 bits per heavy atom. The number of nitrogens with two attached hydrogens (primary N) is 1. The summed E-state index contributed by atoms with van der Waals surface area (Å²) in [5.74, 6) is 0.624. The Labute approximate surface area is 95.8 Å². The van der Waals surface area contributed by atoms with Crippen molar-refractivity contribution in [2.24, 2.45) is 11.7 Å². The maximum atomic E-state index is 14.0. The van der Waals surface area contributed by atoms with Crippen LogP contribution in [0.4, 0.5) is 4.39 Å². The zero-order valence-corrected chi connectivity index (χ0v) is 9.51. The quantitative estimate of drug-likeness (QED) is 0.813. The summed E-state index contributed by atoms with van der Waals surface area (Å²) in [6.07, 6.45) is 5.58. The van der Waals surface area contributed by atoms with Crippen LogP contribution in [-0.2, 0) is 11.8 Å². The summed E-state index contributed by atoms with van der Waals surface area (Å²) in [4.78, 5) is 0. The molecule has 1 unspecified atom stereocenters. The average molecular weight is 219 g/mol. The molecule has 2 heteroatoms. The molecule has 2 aliphatic carbocycles. The molecule has 16 heavy (non-hydrogen) atoms. The summed E-state index contributed by atoms with van der Waals surface area (Å²) in [6, 6.07) is 5.55. The summed E-state index contributed by atoms with van der Waals surface area (Å²) in [5.41, 5.74) is 8.11. The average Bonchev–Trinajstić information content (AvgIpc) is 3.04. The fourth-order valence-corrected chi connectivity index (χ4v) is 3.56.